The monoisotopic (exact) mass is 338 g/mol. The van der Waals surface area contributed by atoms with Gasteiger partial charge in [-0.3, -0.25) is 15.6 Å². The van der Waals surface area contributed by atoms with Crippen molar-refractivity contribution in [2.45, 2.75) is 12.5 Å². The molecule has 0 bridgehead atoms. The number of hydrogen-bond donors (Lipinski definition) is 2. The molecular formula is C18H22N6O. The zero-order valence-corrected chi connectivity index (χ0v) is 14.1. The number of piperazine rings is 1. The van der Waals surface area contributed by atoms with Gasteiger partial charge in [-0.15, -0.1) is 0 Å². The Hall–Kier alpha value is -2.51. The van der Waals surface area contributed by atoms with Crippen LogP contribution >= 0.6 is 0 Å². The van der Waals surface area contributed by atoms with E-state index in [1.807, 2.05) is 35.2 Å². The van der Waals surface area contributed by atoms with E-state index >= 15 is 0 Å². The SMILES string of the molecule is O=C(c1ccc(C2CCNN2)cc1)N1CCN(c2ncccn2)CC1. The molecule has 7 nitrogen and oxygen atoms in total. The molecule has 1 atom stereocenters. The summed E-state index contributed by atoms with van der Waals surface area (Å²) in [6, 6.07) is 10.1. The first-order valence-corrected chi connectivity index (χ1v) is 8.71. The molecule has 7 heteroatoms. The average Bonchev–Trinajstić information content (AvgIpc) is 3.23. The number of hydrazine groups is 1. The van der Waals surface area contributed by atoms with Crippen LogP contribution in [0.15, 0.2) is 42.7 Å². The van der Waals surface area contributed by atoms with Crippen LogP contribution in [0.4, 0.5) is 5.95 Å². The van der Waals surface area contributed by atoms with E-state index in [0.29, 0.717) is 19.1 Å². The number of amides is 1. The van der Waals surface area contributed by atoms with Gasteiger partial charge in [0.15, 0.2) is 0 Å². The molecule has 0 radical (unpaired) electrons. The highest BCUT2D eigenvalue weighted by Crippen LogP contribution is 2.20. The molecule has 1 unspecified atom stereocenters. The first kappa shape index (κ1) is 16.0. The third-order valence-corrected chi connectivity index (χ3v) is 4.80. The summed E-state index contributed by atoms with van der Waals surface area (Å²) >= 11 is 0. The molecule has 1 aromatic carbocycles. The van der Waals surface area contributed by atoms with Crippen molar-refractivity contribution in [3.8, 4) is 0 Å². The summed E-state index contributed by atoms with van der Waals surface area (Å²) in [7, 11) is 0. The van der Waals surface area contributed by atoms with Gasteiger partial charge in [-0.05, 0) is 30.2 Å². The van der Waals surface area contributed by atoms with Crippen molar-refractivity contribution in [2.75, 3.05) is 37.6 Å². The number of aromatic nitrogens is 2. The molecule has 1 amide bonds. The maximum Gasteiger partial charge on any atom is 0.253 e. The van der Waals surface area contributed by atoms with Gasteiger partial charge >= 0.3 is 0 Å². The second-order valence-corrected chi connectivity index (χ2v) is 6.36. The maximum atomic E-state index is 12.7. The van der Waals surface area contributed by atoms with Crippen LogP contribution in [0.2, 0.25) is 0 Å². The fraction of sp³-hybridized carbons (Fsp3) is 0.389. The molecule has 130 valence electrons. The van der Waals surface area contributed by atoms with Crippen molar-refractivity contribution in [3.63, 3.8) is 0 Å². The van der Waals surface area contributed by atoms with Crippen LogP contribution in [0, 0.1) is 0 Å². The van der Waals surface area contributed by atoms with Gasteiger partial charge in [0, 0.05) is 56.7 Å². The number of rotatable bonds is 3. The van der Waals surface area contributed by atoms with Gasteiger partial charge in [0.2, 0.25) is 5.95 Å². The predicted octanol–water partition coefficient (Wildman–Crippen LogP) is 0.978. The Morgan fingerprint density at radius 2 is 1.76 bits per heavy atom. The van der Waals surface area contributed by atoms with Crippen LogP contribution in [0.1, 0.15) is 28.4 Å². The van der Waals surface area contributed by atoms with Gasteiger partial charge in [0.25, 0.3) is 5.91 Å². The van der Waals surface area contributed by atoms with E-state index in [0.717, 1.165) is 37.6 Å². The molecule has 2 N–H and O–H groups in total. The van der Waals surface area contributed by atoms with Crippen LogP contribution in [0.3, 0.4) is 0 Å². The van der Waals surface area contributed by atoms with Crippen molar-refractivity contribution >= 4 is 11.9 Å². The van der Waals surface area contributed by atoms with Crippen LogP contribution < -0.4 is 15.8 Å². The van der Waals surface area contributed by atoms with Crippen molar-refractivity contribution in [2.24, 2.45) is 0 Å². The Bertz CT molecular complexity index is 706. The standard InChI is InChI=1S/C18H22N6O/c25-17(15-4-2-14(3-5-15)16-6-9-21-22-16)23-10-12-24(13-11-23)18-19-7-1-8-20-18/h1-5,7-8,16,21-22H,6,9-13H2. The van der Waals surface area contributed by atoms with Gasteiger partial charge in [-0.2, -0.15) is 0 Å². The average molecular weight is 338 g/mol. The molecule has 2 aromatic rings. The number of benzene rings is 1. The van der Waals surface area contributed by atoms with E-state index in [1.165, 1.54) is 5.56 Å². The molecule has 2 saturated heterocycles. The summed E-state index contributed by atoms with van der Waals surface area (Å²) in [6.45, 7) is 3.86. The lowest BCUT2D eigenvalue weighted by molar-refractivity contribution is 0.0746. The summed E-state index contributed by atoms with van der Waals surface area (Å²) in [5.74, 6) is 0.828. The van der Waals surface area contributed by atoms with Crippen molar-refractivity contribution in [1.29, 1.82) is 0 Å². The number of nitrogens with one attached hydrogen (secondary N) is 2. The summed E-state index contributed by atoms with van der Waals surface area (Å²) in [5.41, 5.74) is 8.34. The molecule has 2 fully saturated rings. The number of hydrogen-bond acceptors (Lipinski definition) is 6. The fourth-order valence-corrected chi connectivity index (χ4v) is 3.34. The number of nitrogens with zero attached hydrogens (tertiary/aromatic N) is 4. The van der Waals surface area contributed by atoms with Crippen LogP contribution in [0.5, 0.6) is 0 Å². The van der Waals surface area contributed by atoms with Gasteiger partial charge in [-0.25, -0.2) is 9.97 Å². The first-order valence-electron chi connectivity index (χ1n) is 8.71. The summed E-state index contributed by atoms with van der Waals surface area (Å²) in [5, 5.41) is 0. The molecule has 0 saturated carbocycles. The first-order chi connectivity index (χ1) is 12.3. The fourth-order valence-electron chi connectivity index (χ4n) is 3.34. The number of carbonyl (C=O) groups is 1. The van der Waals surface area contributed by atoms with Gasteiger partial charge in [-0.1, -0.05) is 12.1 Å². The lowest BCUT2D eigenvalue weighted by atomic mass is 10.0. The maximum absolute atomic E-state index is 12.7. The topological polar surface area (TPSA) is 73.4 Å². The Labute approximate surface area is 147 Å². The van der Waals surface area contributed by atoms with Crippen LogP contribution in [0.25, 0.3) is 0 Å². The molecule has 3 heterocycles. The molecule has 4 rings (SSSR count). The van der Waals surface area contributed by atoms with Crippen molar-refractivity contribution in [3.05, 3.63) is 53.9 Å². The number of anilines is 1. The van der Waals surface area contributed by atoms with Crippen LogP contribution in [-0.4, -0.2) is 53.5 Å². The van der Waals surface area contributed by atoms with Gasteiger partial charge in [0.05, 0.1) is 0 Å². The molecule has 2 aliphatic rings. The second kappa shape index (κ2) is 7.16. The molecule has 0 aliphatic carbocycles. The predicted molar refractivity (Wildman–Crippen MR) is 95.1 cm³/mol. The number of carbonyl (C=O) groups excluding carboxylic acids is 1. The molecular weight excluding hydrogens is 316 g/mol. The zero-order valence-electron chi connectivity index (χ0n) is 14.1. The highest BCUT2D eigenvalue weighted by atomic mass is 16.2. The third kappa shape index (κ3) is 3.47. The Morgan fingerprint density at radius 3 is 2.40 bits per heavy atom. The molecule has 1 aromatic heterocycles. The molecule has 0 spiro atoms. The Morgan fingerprint density at radius 1 is 1.04 bits per heavy atom. The lowest BCUT2D eigenvalue weighted by Crippen LogP contribution is -2.49. The van der Waals surface area contributed by atoms with Crippen molar-refractivity contribution in [1.82, 2.24) is 25.7 Å². The Kier molecular flexibility index (Phi) is 4.58. The highest BCUT2D eigenvalue weighted by molar-refractivity contribution is 5.94. The third-order valence-electron chi connectivity index (χ3n) is 4.80. The quantitative estimate of drug-likeness (QED) is 0.869. The van der Waals surface area contributed by atoms with E-state index in [1.54, 1.807) is 12.4 Å². The van der Waals surface area contributed by atoms with E-state index in [2.05, 4.69) is 25.7 Å². The summed E-state index contributed by atoms with van der Waals surface area (Å²) in [4.78, 5) is 25.3. The van der Waals surface area contributed by atoms with E-state index < -0.39 is 0 Å². The molecule has 2 aliphatic heterocycles. The second-order valence-electron chi connectivity index (χ2n) is 6.36. The summed E-state index contributed by atoms with van der Waals surface area (Å²) in [6.07, 6.45) is 4.56. The van der Waals surface area contributed by atoms with Gasteiger partial charge < -0.3 is 9.80 Å². The minimum Gasteiger partial charge on any atom is -0.337 e. The lowest BCUT2D eigenvalue weighted by Gasteiger charge is -2.34. The minimum atomic E-state index is 0.0951. The van der Waals surface area contributed by atoms with Gasteiger partial charge in [0.1, 0.15) is 0 Å². The smallest absolute Gasteiger partial charge is 0.253 e. The molecule has 25 heavy (non-hydrogen) atoms. The minimum absolute atomic E-state index is 0.0951. The van der Waals surface area contributed by atoms with E-state index in [4.69, 9.17) is 0 Å². The largest absolute Gasteiger partial charge is 0.337 e. The highest BCUT2D eigenvalue weighted by Gasteiger charge is 2.23. The zero-order chi connectivity index (χ0) is 17.1. The van der Waals surface area contributed by atoms with E-state index in [-0.39, 0.29) is 5.91 Å². The Balaban J connectivity index is 1.37. The van der Waals surface area contributed by atoms with Crippen LogP contribution in [-0.2, 0) is 0 Å². The summed E-state index contributed by atoms with van der Waals surface area (Å²) < 4.78 is 0. The van der Waals surface area contributed by atoms with E-state index in [9.17, 15) is 4.79 Å². The van der Waals surface area contributed by atoms with Crippen molar-refractivity contribution < 1.29 is 4.79 Å². The normalized spacial score (nSPS) is 20.7.